The molecular formula is C31H24F4O. The van der Waals surface area contributed by atoms with E-state index < -0.39 is 23.3 Å². The number of rotatable bonds is 7. The van der Waals surface area contributed by atoms with Gasteiger partial charge >= 0.3 is 0 Å². The van der Waals surface area contributed by atoms with Gasteiger partial charge in [-0.05, 0) is 47.6 Å². The average molecular weight is 489 g/mol. The molecule has 5 heteroatoms. The molecule has 5 rings (SSSR count). The molecule has 0 spiro atoms. The number of aryl methyl sites for hydroxylation is 2. The highest BCUT2D eigenvalue weighted by atomic mass is 19.2. The molecule has 36 heavy (non-hydrogen) atoms. The minimum absolute atomic E-state index is 0.172. The number of halogens is 4. The fourth-order valence-corrected chi connectivity index (χ4v) is 4.37. The van der Waals surface area contributed by atoms with Gasteiger partial charge in [-0.2, -0.15) is 0 Å². The highest BCUT2D eigenvalue weighted by Crippen LogP contribution is 2.36. The predicted molar refractivity (Wildman–Crippen MR) is 134 cm³/mol. The quantitative estimate of drug-likeness (QED) is 0.188. The molecule has 1 heterocycles. The van der Waals surface area contributed by atoms with Crippen LogP contribution in [0.25, 0.3) is 28.3 Å². The molecular weight excluding hydrogens is 464 g/mol. The maximum atomic E-state index is 14.9. The van der Waals surface area contributed by atoms with Crippen molar-refractivity contribution in [3.05, 3.63) is 124 Å². The highest BCUT2D eigenvalue weighted by molar-refractivity contribution is 5.67. The summed E-state index contributed by atoms with van der Waals surface area (Å²) >= 11 is 0. The summed E-state index contributed by atoms with van der Waals surface area (Å²) in [6, 6.07) is 20.6. The van der Waals surface area contributed by atoms with Gasteiger partial charge in [0.2, 0.25) is 0 Å². The van der Waals surface area contributed by atoms with Gasteiger partial charge in [0.25, 0.3) is 0 Å². The van der Waals surface area contributed by atoms with E-state index in [1.165, 1.54) is 0 Å². The molecule has 182 valence electrons. The third-order valence-corrected chi connectivity index (χ3v) is 6.48. The summed E-state index contributed by atoms with van der Waals surface area (Å²) in [6.07, 6.45) is 4.27. The first-order valence-electron chi connectivity index (χ1n) is 11.8. The second-order valence-corrected chi connectivity index (χ2v) is 8.87. The van der Waals surface area contributed by atoms with Crippen LogP contribution in [0.4, 0.5) is 17.6 Å². The molecule has 0 radical (unpaired) electrons. The second kappa shape index (κ2) is 10.1. The Kier molecular flexibility index (Phi) is 6.75. The fourth-order valence-electron chi connectivity index (χ4n) is 4.37. The van der Waals surface area contributed by atoms with Crippen molar-refractivity contribution in [2.24, 2.45) is 0 Å². The van der Waals surface area contributed by atoms with Gasteiger partial charge in [0.1, 0.15) is 6.10 Å². The second-order valence-electron chi connectivity index (χ2n) is 8.87. The number of benzene rings is 4. The maximum Gasteiger partial charge on any atom is 0.167 e. The molecule has 4 aromatic carbocycles. The Hall–Kier alpha value is -3.70. The zero-order valence-corrected chi connectivity index (χ0v) is 19.7. The van der Waals surface area contributed by atoms with E-state index in [0.29, 0.717) is 30.6 Å². The Morgan fingerprint density at radius 1 is 0.694 bits per heavy atom. The van der Waals surface area contributed by atoms with E-state index in [1.807, 2.05) is 31.2 Å². The molecule has 1 aliphatic heterocycles. The minimum Gasteiger partial charge on any atom is -0.368 e. The molecule has 1 unspecified atom stereocenters. The lowest BCUT2D eigenvalue weighted by molar-refractivity contribution is 0.401. The molecule has 1 nitrogen and oxygen atoms in total. The van der Waals surface area contributed by atoms with Crippen LogP contribution in [0.3, 0.4) is 0 Å². The molecule has 0 bridgehead atoms. The van der Waals surface area contributed by atoms with Crippen LogP contribution in [-0.4, -0.2) is 6.61 Å². The molecule has 1 atom stereocenters. The van der Waals surface area contributed by atoms with Crippen molar-refractivity contribution in [1.29, 1.82) is 0 Å². The first-order valence-corrected chi connectivity index (χ1v) is 11.8. The minimum atomic E-state index is -0.898. The molecule has 4 aromatic rings. The maximum absolute atomic E-state index is 14.9. The highest BCUT2D eigenvalue weighted by Gasteiger charge is 2.30. The molecule has 0 saturated carbocycles. The summed E-state index contributed by atoms with van der Waals surface area (Å²) in [7, 11) is 0. The third-order valence-electron chi connectivity index (χ3n) is 6.48. The van der Waals surface area contributed by atoms with Crippen LogP contribution >= 0.6 is 0 Å². The van der Waals surface area contributed by atoms with E-state index in [0.717, 1.165) is 11.1 Å². The van der Waals surface area contributed by atoms with E-state index in [4.69, 9.17) is 4.74 Å². The van der Waals surface area contributed by atoms with Crippen LogP contribution in [0.1, 0.15) is 35.3 Å². The first kappa shape index (κ1) is 24.0. The first-order chi connectivity index (χ1) is 17.5. The van der Waals surface area contributed by atoms with Gasteiger partial charge in [0.15, 0.2) is 23.3 Å². The van der Waals surface area contributed by atoms with Gasteiger partial charge in [-0.15, -0.1) is 0 Å². The lowest BCUT2D eigenvalue weighted by Gasteiger charge is -2.10. The average Bonchev–Trinajstić information content (AvgIpc) is 3.73. The van der Waals surface area contributed by atoms with Crippen molar-refractivity contribution in [2.45, 2.75) is 25.9 Å². The van der Waals surface area contributed by atoms with E-state index in [9.17, 15) is 17.6 Å². The Balaban J connectivity index is 1.29. The van der Waals surface area contributed by atoms with Crippen LogP contribution < -0.4 is 0 Å². The van der Waals surface area contributed by atoms with Crippen LogP contribution in [0.2, 0.25) is 0 Å². The summed E-state index contributed by atoms with van der Waals surface area (Å²) in [6.45, 7) is 2.32. The van der Waals surface area contributed by atoms with Crippen molar-refractivity contribution in [2.75, 3.05) is 6.61 Å². The monoisotopic (exact) mass is 488 g/mol. The molecule has 0 N–H and O–H groups in total. The number of hydrogen-bond donors (Lipinski definition) is 0. The summed E-state index contributed by atoms with van der Waals surface area (Å²) in [5.74, 6) is -3.49. The summed E-state index contributed by atoms with van der Waals surface area (Å²) in [5.41, 5.74) is 3.94. The standard InChI is InChI=1S/C31H24F4O/c1-2-3-19-4-9-21(10-5-19)24-15-14-23(28(32)29(24)33)13-8-20-6-11-22(12-7-20)25-16-17-26(27-18-36-27)31(35)30(25)34/h2-7,9-12,14-17,27H,8,13,18H2,1H3/b3-2+. The van der Waals surface area contributed by atoms with Crippen molar-refractivity contribution >= 4 is 6.08 Å². The van der Waals surface area contributed by atoms with Gasteiger partial charge in [-0.1, -0.05) is 84.9 Å². The Labute approximate surface area is 207 Å². The third kappa shape index (κ3) is 4.84. The van der Waals surface area contributed by atoms with Gasteiger partial charge in [0.05, 0.1) is 6.61 Å². The predicted octanol–water partition coefficient (Wildman–Crippen LogP) is 8.47. The Morgan fingerprint density at radius 3 is 1.89 bits per heavy atom. The van der Waals surface area contributed by atoms with Crippen molar-refractivity contribution < 1.29 is 22.3 Å². The topological polar surface area (TPSA) is 12.5 Å². The van der Waals surface area contributed by atoms with Crippen LogP contribution in [0.15, 0.2) is 78.9 Å². The van der Waals surface area contributed by atoms with E-state index >= 15 is 0 Å². The fraction of sp³-hybridized carbons (Fsp3) is 0.161. The van der Waals surface area contributed by atoms with Crippen LogP contribution in [-0.2, 0) is 17.6 Å². The smallest absolute Gasteiger partial charge is 0.167 e. The van der Waals surface area contributed by atoms with Gasteiger partial charge in [-0.25, -0.2) is 17.6 Å². The normalized spacial score (nSPS) is 15.0. The van der Waals surface area contributed by atoms with Gasteiger partial charge in [-0.3, -0.25) is 0 Å². The zero-order chi connectivity index (χ0) is 25.2. The van der Waals surface area contributed by atoms with Crippen LogP contribution in [0, 0.1) is 23.3 Å². The zero-order valence-electron chi connectivity index (χ0n) is 19.7. The van der Waals surface area contributed by atoms with Crippen molar-refractivity contribution in [3.8, 4) is 22.3 Å². The van der Waals surface area contributed by atoms with Gasteiger partial charge < -0.3 is 4.74 Å². The van der Waals surface area contributed by atoms with E-state index in [-0.39, 0.29) is 28.4 Å². The lowest BCUT2D eigenvalue weighted by atomic mass is 9.97. The molecule has 1 saturated heterocycles. The summed E-state index contributed by atoms with van der Waals surface area (Å²) < 4.78 is 63.7. The van der Waals surface area contributed by atoms with Crippen LogP contribution in [0.5, 0.6) is 0 Å². The number of epoxide rings is 1. The van der Waals surface area contributed by atoms with Crippen molar-refractivity contribution in [1.82, 2.24) is 0 Å². The molecule has 0 amide bonds. The Bertz CT molecular complexity index is 1420. The summed E-state index contributed by atoms with van der Waals surface area (Å²) in [4.78, 5) is 0. The summed E-state index contributed by atoms with van der Waals surface area (Å²) in [5, 5.41) is 0. The van der Waals surface area contributed by atoms with Crippen molar-refractivity contribution in [3.63, 3.8) is 0 Å². The van der Waals surface area contributed by atoms with Gasteiger partial charge in [0, 0.05) is 16.7 Å². The Morgan fingerprint density at radius 2 is 1.28 bits per heavy atom. The number of allylic oxidation sites excluding steroid dienone is 1. The molecule has 1 fully saturated rings. The number of hydrogen-bond acceptors (Lipinski definition) is 1. The van der Waals surface area contributed by atoms with E-state index in [1.54, 1.807) is 60.7 Å². The number of ether oxygens (including phenoxy) is 1. The molecule has 1 aliphatic rings. The SMILES string of the molecule is C/C=C/c1ccc(-c2ccc(CCc3ccc(-c4ccc(C5CO5)c(F)c4F)cc3)c(F)c2F)cc1. The molecule has 0 aromatic heterocycles. The lowest BCUT2D eigenvalue weighted by Crippen LogP contribution is -2.00. The molecule has 0 aliphatic carbocycles. The van der Waals surface area contributed by atoms with E-state index in [2.05, 4.69) is 0 Å². The largest absolute Gasteiger partial charge is 0.368 e.